The number of piperidine rings is 1. The smallest absolute Gasteiger partial charge is 0.118 e. The second-order valence-electron chi connectivity index (χ2n) is 6.12. The Bertz CT molecular complexity index is 394. The molecule has 0 saturated carbocycles. The van der Waals surface area contributed by atoms with Crippen LogP contribution in [0, 0.1) is 0 Å². The first kappa shape index (κ1) is 15.3. The molecule has 1 N–H and O–H groups in total. The van der Waals surface area contributed by atoms with Gasteiger partial charge in [-0.3, -0.25) is 5.43 Å². The summed E-state index contributed by atoms with van der Waals surface area (Å²) in [5.41, 5.74) is 5.05. The van der Waals surface area contributed by atoms with E-state index in [-0.39, 0.29) is 0 Å². The first-order valence-corrected chi connectivity index (χ1v) is 7.77. The summed E-state index contributed by atoms with van der Waals surface area (Å²) in [6, 6.07) is 10.1. The maximum absolute atomic E-state index is 5.20. The lowest BCUT2D eigenvalue weighted by molar-refractivity contribution is 0.0323. The van der Waals surface area contributed by atoms with Crippen LogP contribution in [0.1, 0.15) is 45.6 Å². The van der Waals surface area contributed by atoms with Crippen molar-refractivity contribution in [3.8, 4) is 5.75 Å². The summed E-state index contributed by atoms with van der Waals surface area (Å²) < 4.78 is 5.20. The largest absolute Gasteiger partial charge is 0.497 e. The molecular weight excluding hydrogens is 248 g/mol. The molecule has 0 aliphatic carbocycles. The van der Waals surface area contributed by atoms with Crippen LogP contribution in [0.25, 0.3) is 0 Å². The van der Waals surface area contributed by atoms with Crippen molar-refractivity contribution in [3.63, 3.8) is 0 Å². The topological polar surface area (TPSA) is 24.5 Å². The zero-order valence-corrected chi connectivity index (χ0v) is 13.2. The van der Waals surface area contributed by atoms with E-state index in [1.165, 1.54) is 24.8 Å². The summed E-state index contributed by atoms with van der Waals surface area (Å²) in [5.74, 6) is 0.924. The van der Waals surface area contributed by atoms with Crippen molar-refractivity contribution < 1.29 is 4.74 Å². The predicted octanol–water partition coefficient (Wildman–Crippen LogP) is 3.39. The van der Waals surface area contributed by atoms with Crippen LogP contribution in [0.3, 0.4) is 0 Å². The van der Waals surface area contributed by atoms with Crippen molar-refractivity contribution in [2.24, 2.45) is 0 Å². The van der Waals surface area contributed by atoms with Gasteiger partial charge >= 0.3 is 0 Å². The molecule has 3 heteroatoms. The first-order valence-electron chi connectivity index (χ1n) is 7.77. The van der Waals surface area contributed by atoms with Crippen molar-refractivity contribution in [1.29, 1.82) is 0 Å². The van der Waals surface area contributed by atoms with Gasteiger partial charge in [-0.05, 0) is 57.7 Å². The average molecular weight is 276 g/mol. The summed E-state index contributed by atoms with van der Waals surface area (Å²) in [7, 11) is 1.71. The Hall–Kier alpha value is -1.06. The van der Waals surface area contributed by atoms with Gasteiger partial charge in [0, 0.05) is 18.1 Å². The van der Waals surface area contributed by atoms with Gasteiger partial charge in [-0.15, -0.1) is 0 Å². The lowest BCUT2D eigenvalue weighted by Crippen LogP contribution is -2.55. The number of benzene rings is 1. The van der Waals surface area contributed by atoms with Crippen LogP contribution < -0.4 is 10.2 Å². The van der Waals surface area contributed by atoms with Crippen LogP contribution in [0.15, 0.2) is 24.3 Å². The Morgan fingerprint density at radius 1 is 1.20 bits per heavy atom. The molecule has 1 aliphatic heterocycles. The Kier molecular flexibility index (Phi) is 5.44. The Morgan fingerprint density at radius 3 is 2.35 bits per heavy atom. The van der Waals surface area contributed by atoms with E-state index < -0.39 is 0 Å². The zero-order chi connectivity index (χ0) is 14.5. The maximum Gasteiger partial charge on any atom is 0.118 e. The highest BCUT2D eigenvalue weighted by molar-refractivity contribution is 5.27. The van der Waals surface area contributed by atoms with Gasteiger partial charge in [0.05, 0.1) is 7.11 Å². The predicted molar refractivity (Wildman–Crippen MR) is 83.9 cm³/mol. The molecule has 0 radical (unpaired) electrons. The van der Waals surface area contributed by atoms with E-state index >= 15 is 0 Å². The second kappa shape index (κ2) is 7.09. The van der Waals surface area contributed by atoms with E-state index in [2.05, 4.69) is 43.3 Å². The first-order chi connectivity index (χ1) is 9.60. The maximum atomic E-state index is 5.20. The highest BCUT2D eigenvalue weighted by Gasteiger charge is 2.25. The highest BCUT2D eigenvalue weighted by atomic mass is 16.5. The minimum atomic E-state index is 0.450. The van der Waals surface area contributed by atoms with E-state index in [0.29, 0.717) is 18.1 Å². The molecule has 112 valence electrons. The quantitative estimate of drug-likeness (QED) is 0.892. The van der Waals surface area contributed by atoms with Gasteiger partial charge < -0.3 is 4.74 Å². The minimum absolute atomic E-state index is 0.450. The van der Waals surface area contributed by atoms with Crippen LogP contribution in [-0.4, -0.2) is 30.2 Å². The zero-order valence-electron chi connectivity index (χ0n) is 13.2. The molecule has 1 aliphatic rings. The fourth-order valence-corrected chi connectivity index (χ4v) is 3.09. The number of hydrazine groups is 1. The van der Waals surface area contributed by atoms with Gasteiger partial charge in [0.15, 0.2) is 0 Å². The SMILES string of the molecule is COc1ccc(CC(C)NN2C(C)CCCC2C)cc1. The van der Waals surface area contributed by atoms with Crippen molar-refractivity contribution in [2.75, 3.05) is 7.11 Å². The second-order valence-corrected chi connectivity index (χ2v) is 6.12. The fraction of sp³-hybridized carbons (Fsp3) is 0.647. The number of ether oxygens (including phenoxy) is 1. The molecule has 0 spiro atoms. The van der Waals surface area contributed by atoms with Gasteiger partial charge in [0.25, 0.3) is 0 Å². The van der Waals surface area contributed by atoms with E-state index in [9.17, 15) is 0 Å². The average Bonchev–Trinajstić information content (AvgIpc) is 2.44. The summed E-state index contributed by atoms with van der Waals surface area (Å²) in [6.45, 7) is 6.91. The molecule has 3 atom stereocenters. The third-order valence-corrected chi connectivity index (χ3v) is 4.26. The minimum Gasteiger partial charge on any atom is -0.497 e. The number of rotatable bonds is 5. The molecule has 0 bridgehead atoms. The summed E-state index contributed by atoms with van der Waals surface area (Å²) in [5, 5.41) is 2.46. The number of nitrogens with one attached hydrogen (secondary N) is 1. The van der Waals surface area contributed by atoms with E-state index in [0.717, 1.165) is 12.2 Å². The lowest BCUT2D eigenvalue weighted by Gasteiger charge is -2.41. The number of hydrogen-bond acceptors (Lipinski definition) is 3. The third kappa shape index (κ3) is 3.97. The third-order valence-electron chi connectivity index (χ3n) is 4.26. The van der Waals surface area contributed by atoms with Crippen molar-refractivity contribution >= 4 is 0 Å². The van der Waals surface area contributed by atoms with Gasteiger partial charge in [0.1, 0.15) is 5.75 Å². The monoisotopic (exact) mass is 276 g/mol. The van der Waals surface area contributed by atoms with E-state index in [4.69, 9.17) is 4.74 Å². The molecule has 3 unspecified atom stereocenters. The van der Waals surface area contributed by atoms with Gasteiger partial charge in [0.2, 0.25) is 0 Å². The molecule has 3 nitrogen and oxygen atoms in total. The fourth-order valence-electron chi connectivity index (χ4n) is 3.09. The normalized spacial score (nSPS) is 25.4. The number of methoxy groups -OCH3 is 1. The highest BCUT2D eigenvalue weighted by Crippen LogP contribution is 2.21. The van der Waals surface area contributed by atoms with Crippen LogP contribution >= 0.6 is 0 Å². The van der Waals surface area contributed by atoms with E-state index in [1.807, 2.05) is 12.1 Å². The number of hydrogen-bond donors (Lipinski definition) is 1. The van der Waals surface area contributed by atoms with Crippen LogP contribution in [0.4, 0.5) is 0 Å². The van der Waals surface area contributed by atoms with Crippen molar-refractivity contribution in [3.05, 3.63) is 29.8 Å². The van der Waals surface area contributed by atoms with Gasteiger partial charge in [-0.1, -0.05) is 18.6 Å². The molecule has 20 heavy (non-hydrogen) atoms. The van der Waals surface area contributed by atoms with Gasteiger partial charge in [-0.2, -0.15) is 0 Å². The summed E-state index contributed by atoms with van der Waals surface area (Å²) >= 11 is 0. The molecule has 1 heterocycles. The van der Waals surface area contributed by atoms with Crippen molar-refractivity contribution in [2.45, 2.75) is 64.6 Å². The van der Waals surface area contributed by atoms with Gasteiger partial charge in [-0.25, -0.2) is 5.01 Å². The molecule has 0 aromatic heterocycles. The molecule has 1 aromatic carbocycles. The molecular formula is C17H28N2O. The van der Waals surface area contributed by atoms with E-state index in [1.54, 1.807) is 7.11 Å². The summed E-state index contributed by atoms with van der Waals surface area (Å²) in [6.07, 6.45) is 4.99. The number of nitrogens with zero attached hydrogens (tertiary/aromatic N) is 1. The Labute approximate surface area is 123 Å². The van der Waals surface area contributed by atoms with Crippen LogP contribution in [0.2, 0.25) is 0 Å². The molecule has 1 saturated heterocycles. The Morgan fingerprint density at radius 2 is 1.80 bits per heavy atom. The molecule has 0 amide bonds. The van der Waals surface area contributed by atoms with Crippen molar-refractivity contribution in [1.82, 2.24) is 10.4 Å². The summed E-state index contributed by atoms with van der Waals surface area (Å²) in [4.78, 5) is 0. The Balaban J connectivity index is 1.88. The standard InChI is InChI=1S/C17H28N2O/c1-13(12-16-8-10-17(20-4)11-9-16)18-19-14(2)6-5-7-15(19)3/h8-11,13-15,18H,5-7,12H2,1-4H3. The van der Waals surface area contributed by atoms with Crippen LogP contribution in [0.5, 0.6) is 5.75 Å². The van der Waals surface area contributed by atoms with Crippen LogP contribution in [-0.2, 0) is 6.42 Å². The molecule has 2 rings (SSSR count). The molecule has 1 fully saturated rings. The lowest BCUT2D eigenvalue weighted by atomic mass is 9.99. The molecule has 1 aromatic rings.